The van der Waals surface area contributed by atoms with Gasteiger partial charge in [-0.3, -0.25) is 19.2 Å². The highest BCUT2D eigenvalue weighted by Gasteiger charge is 2.26. The zero-order chi connectivity index (χ0) is 22.1. The number of nitrogens with zero attached hydrogens (tertiary/aromatic N) is 2. The number of sulfonamides is 1. The standard InChI is InChI=1S/C19H23N3O6S2/c1-28-18-9-8-16(22(24)25)12-17(18)21(30(2,26)27)13-19(23)20-10-11-29-14-15-6-4-3-5-7-15/h3-9,12H,10-11,13-14H2,1-2H3,(H,20,23). The number of carbonyl (C=O) groups is 1. The summed E-state index contributed by atoms with van der Waals surface area (Å²) in [6, 6.07) is 13.5. The highest BCUT2D eigenvalue weighted by molar-refractivity contribution is 7.98. The van der Waals surface area contributed by atoms with Gasteiger partial charge in [0, 0.05) is 30.2 Å². The summed E-state index contributed by atoms with van der Waals surface area (Å²) in [6.45, 7) is -0.153. The molecule has 0 aromatic heterocycles. The fourth-order valence-corrected chi connectivity index (χ4v) is 4.25. The van der Waals surface area contributed by atoms with Crippen molar-refractivity contribution in [3.8, 4) is 5.75 Å². The monoisotopic (exact) mass is 453 g/mol. The van der Waals surface area contributed by atoms with Crippen LogP contribution in [0.4, 0.5) is 11.4 Å². The number of rotatable bonds is 11. The molecule has 9 nitrogen and oxygen atoms in total. The molecule has 1 N–H and O–H groups in total. The Balaban J connectivity index is 2.00. The molecule has 0 saturated carbocycles. The van der Waals surface area contributed by atoms with E-state index in [2.05, 4.69) is 5.32 Å². The molecule has 0 spiro atoms. The second kappa shape index (κ2) is 10.8. The fourth-order valence-electron chi connectivity index (χ4n) is 2.58. The Bertz CT molecular complexity index is 983. The Morgan fingerprint density at radius 3 is 2.53 bits per heavy atom. The first-order valence-corrected chi connectivity index (χ1v) is 11.9. The summed E-state index contributed by atoms with van der Waals surface area (Å²) in [7, 11) is -2.58. The largest absolute Gasteiger partial charge is 0.495 e. The minimum atomic E-state index is -3.89. The van der Waals surface area contributed by atoms with E-state index >= 15 is 0 Å². The van der Waals surface area contributed by atoms with E-state index in [0.717, 1.165) is 22.4 Å². The van der Waals surface area contributed by atoms with E-state index in [4.69, 9.17) is 4.74 Å². The summed E-state index contributed by atoms with van der Waals surface area (Å²) >= 11 is 1.64. The molecule has 162 valence electrons. The van der Waals surface area contributed by atoms with Crippen molar-refractivity contribution in [1.82, 2.24) is 5.32 Å². The van der Waals surface area contributed by atoms with Crippen LogP contribution in [0.3, 0.4) is 0 Å². The fraction of sp³-hybridized carbons (Fsp3) is 0.316. The van der Waals surface area contributed by atoms with Crippen LogP contribution in [0.1, 0.15) is 5.56 Å². The number of hydrogen-bond acceptors (Lipinski definition) is 7. The third-order valence-corrected chi connectivity index (χ3v) is 6.17. The van der Waals surface area contributed by atoms with Crippen molar-refractivity contribution in [2.75, 3.05) is 36.5 Å². The number of ether oxygens (including phenoxy) is 1. The van der Waals surface area contributed by atoms with Gasteiger partial charge in [-0.25, -0.2) is 8.42 Å². The molecule has 0 aliphatic rings. The molecule has 0 aliphatic carbocycles. The molecule has 0 heterocycles. The highest BCUT2D eigenvalue weighted by Crippen LogP contribution is 2.33. The number of nitro groups is 1. The first-order chi connectivity index (χ1) is 14.2. The van der Waals surface area contributed by atoms with Gasteiger partial charge in [0.1, 0.15) is 18.0 Å². The molecule has 0 aliphatic heterocycles. The summed E-state index contributed by atoms with van der Waals surface area (Å²) < 4.78 is 30.5. The number of methoxy groups -OCH3 is 1. The zero-order valence-electron chi connectivity index (χ0n) is 16.6. The number of nitro benzene ring substituents is 1. The van der Waals surface area contributed by atoms with Crippen LogP contribution in [0.25, 0.3) is 0 Å². The molecule has 30 heavy (non-hydrogen) atoms. The molecule has 0 fully saturated rings. The van der Waals surface area contributed by atoms with Crippen molar-refractivity contribution in [2.45, 2.75) is 5.75 Å². The molecule has 1 amide bonds. The van der Waals surface area contributed by atoms with Crippen molar-refractivity contribution in [1.29, 1.82) is 0 Å². The summed E-state index contributed by atoms with van der Waals surface area (Å²) in [6.07, 6.45) is 0.925. The molecule has 0 bridgehead atoms. The van der Waals surface area contributed by atoms with Gasteiger partial charge in [0.05, 0.1) is 18.3 Å². The van der Waals surface area contributed by atoms with Crippen molar-refractivity contribution < 1.29 is 22.9 Å². The smallest absolute Gasteiger partial charge is 0.271 e. The SMILES string of the molecule is COc1ccc([N+](=O)[O-])cc1N(CC(=O)NCCSCc1ccccc1)S(C)(=O)=O. The Morgan fingerprint density at radius 1 is 1.23 bits per heavy atom. The number of hydrogen-bond donors (Lipinski definition) is 1. The molecule has 11 heteroatoms. The lowest BCUT2D eigenvalue weighted by Gasteiger charge is -2.23. The predicted molar refractivity (Wildman–Crippen MR) is 117 cm³/mol. The first-order valence-electron chi connectivity index (χ1n) is 8.91. The number of thioether (sulfide) groups is 1. The summed E-state index contributed by atoms with van der Waals surface area (Å²) in [5, 5.41) is 13.7. The average molecular weight is 454 g/mol. The topological polar surface area (TPSA) is 119 Å². The molecule has 2 aromatic rings. The maximum atomic E-state index is 12.3. The van der Waals surface area contributed by atoms with Gasteiger partial charge in [-0.15, -0.1) is 0 Å². The Morgan fingerprint density at radius 2 is 1.93 bits per heavy atom. The van der Waals surface area contributed by atoms with Gasteiger partial charge in [-0.1, -0.05) is 30.3 Å². The summed E-state index contributed by atoms with van der Waals surface area (Å²) in [5.74, 6) is 1.04. The Hall–Kier alpha value is -2.79. The molecule has 2 rings (SSSR count). The van der Waals surface area contributed by atoms with Crippen LogP contribution in [0.15, 0.2) is 48.5 Å². The van der Waals surface area contributed by atoms with Crippen LogP contribution in [0.2, 0.25) is 0 Å². The van der Waals surface area contributed by atoms with Gasteiger partial charge in [0.2, 0.25) is 15.9 Å². The van der Waals surface area contributed by atoms with Crippen LogP contribution < -0.4 is 14.4 Å². The zero-order valence-corrected chi connectivity index (χ0v) is 18.2. The number of carbonyl (C=O) groups excluding carboxylic acids is 1. The minimum absolute atomic E-state index is 0.0668. The van der Waals surface area contributed by atoms with E-state index in [1.54, 1.807) is 11.8 Å². The average Bonchev–Trinajstić information content (AvgIpc) is 2.71. The maximum Gasteiger partial charge on any atom is 0.271 e. The lowest BCUT2D eigenvalue weighted by molar-refractivity contribution is -0.384. The molecule has 0 atom stereocenters. The number of nitrogens with one attached hydrogen (secondary N) is 1. The van der Waals surface area contributed by atoms with E-state index in [1.165, 1.54) is 24.8 Å². The molecular weight excluding hydrogens is 430 g/mol. The number of non-ortho nitro benzene ring substituents is 1. The molecule has 0 radical (unpaired) electrons. The van der Waals surface area contributed by atoms with Gasteiger partial charge in [-0.05, 0) is 11.6 Å². The minimum Gasteiger partial charge on any atom is -0.495 e. The van der Waals surface area contributed by atoms with Crippen LogP contribution >= 0.6 is 11.8 Å². The van der Waals surface area contributed by atoms with Crippen molar-refractivity contribution in [3.63, 3.8) is 0 Å². The third kappa shape index (κ3) is 6.92. The first kappa shape index (κ1) is 23.5. The van der Waals surface area contributed by atoms with Crippen LogP contribution in [-0.4, -0.2) is 51.5 Å². The van der Waals surface area contributed by atoms with Crippen molar-refractivity contribution in [2.24, 2.45) is 0 Å². The molecule has 0 unspecified atom stereocenters. The second-order valence-corrected chi connectivity index (χ2v) is 9.28. The molecular formula is C19H23N3O6S2. The van der Waals surface area contributed by atoms with E-state index < -0.39 is 27.4 Å². The quantitative estimate of drug-likeness (QED) is 0.315. The maximum absolute atomic E-state index is 12.3. The predicted octanol–water partition coefficient (Wildman–Crippen LogP) is 2.42. The number of benzene rings is 2. The second-order valence-electron chi connectivity index (χ2n) is 6.27. The van der Waals surface area contributed by atoms with E-state index in [1.807, 2.05) is 30.3 Å². The van der Waals surface area contributed by atoms with Crippen LogP contribution in [0.5, 0.6) is 5.75 Å². The Kier molecular flexibility index (Phi) is 8.48. The van der Waals surface area contributed by atoms with E-state index in [-0.39, 0.29) is 17.1 Å². The van der Waals surface area contributed by atoms with Gasteiger partial charge in [-0.2, -0.15) is 11.8 Å². The Labute approximate surface area is 179 Å². The lowest BCUT2D eigenvalue weighted by Crippen LogP contribution is -2.41. The molecule has 0 saturated heterocycles. The van der Waals surface area contributed by atoms with Gasteiger partial charge < -0.3 is 10.1 Å². The van der Waals surface area contributed by atoms with E-state index in [9.17, 15) is 23.3 Å². The number of amides is 1. The van der Waals surface area contributed by atoms with Crippen LogP contribution in [0, 0.1) is 10.1 Å². The van der Waals surface area contributed by atoms with Crippen molar-refractivity contribution >= 4 is 39.1 Å². The molecule has 2 aromatic carbocycles. The summed E-state index contributed by atoms with van der Waals surface area (Å²) in [5.41, 5.74) is 0.801. The van der Waals surface area contributed by atoms with Gasteiger partial charge in [0.15, 0.2) is 0 Å². The van der Waals surface area contributed by atoms with E-state index in [0.29, 0.717) is 12.3 Å². The van der Waals surface area contributed by atoms with Crippen LogP contribution in [-0.2, 0) is 20.6 Å². The third-order valence-electron chi connectivity index (χ3n) is 4.01. The normalized spacial score (nSPS) is 11.0. The lowest BCUT2D eigenvalue weighted by atomic mass is 10.2. The highest BCUT2D eigenvalue weighted by atomic mass is 32.2. The summed E-state index contributed by atoms with van der Waals surface area (Å²) in [4.78, 5) is 22.7. The van der Waals surface area contributed by atoms with Gasteiger partial charge >= 0.3 is 0 Å². The van der Waals surface area contributed by atoms with Gasteiger partial charge in [0.25, 0.3) is 5.69 Å². The van der Waals surface area contributed by atoms with Crippen molar-refractivity contribution in [3.05, 3.63) is 64.2 Å². The number of anilines is 1.